The summed E-state index contributed by atoms with van der Waals surface area (Å²) in [6.07, 6.45) is 9.00. The number of aromatic nitrogens is 3. The van der Waals surface area contributed by atoms with Crippen LogP contribution in [-0.4, -0.2) is 46.6 Å². The Labute approximate surface area is 214 Å². The lowest BCUT2D eigenvalue weighted by atomic mass is 9.96. The van der Waals surface area contributed by atoms with Crippen LogP contribution < -0.4 is 10.5 Å². The van der Waals surface area contributed by atoms with Crippen molar-refractivity contribution in [1.29, 1.82) is 0 Å². The first-order valence-corrected chi connectivity index (χ1v) is 12.6. The molecule has 0 aliphatic rings. The fraction of sp³-hybridized carbons (Fsp3) is 0.185. The Balaban J connectivity index is 1.65. The number of anilines is 1. The van der Waals surface area contributed by atoms with E-state index in [1.165, 1.54) is 30.3 Å². The second kappa shape index (κ2) is 11.4. The molecule has 0 aliphatic heterocycles. The highest BCUT2D eigenvalue weighted by Crippen LogP contribution is 2.33. The molecule has 2 aromatic carbocycles. The van der Waals surface area contributed by atoms with Crippen LogP contribution in [0.15, 0.2) is 73.3 Å². The van der Waals surface area contributed by atoms with E-state index in [9.17, 15) is 8.78 Å². The Kier molecular flexibility index (Phi) is 8.02. The topological polar surface area (TPSA) is 72.0 Å². The second-order valence-corrected chi connectivity index (χ2v) is 9.15. The summed E-state index contributed by atoms with van der Waals surface area (Å²) in [7, 11) is 4.06. The number of nitrogens with zero attached hydrogens (tertiary/aromatic N) is 4. The lowest BCUT2D eigenvalue weighted by Crippen LogP contribution is -2.18. The molecule has 0 saturated heterocycles. The number of nitrogens with one attached hydrogen (secondary N) is 1. The molecule has 6 nitrogen and oxygen atoms in total. The third-order valence-corrected chi connectivity index (χ3v) is 6.09. The minimum atomic E-state index is -0.630. The van der Waals surface area contributed by atoms with Gasteiger partial charge in [0.05, 0.1) is 18.4 Å². The number of hydrogen-bond acceptors (Lipinski definition) is 6. The average Bonchev–Trinajstić information content (AvgIpc) is 3.33. The van der Waals surface area contributed by atoms with Gasteiger partial charge >= 0.3 is 0 Å². The summed E-state index contributed by atoms with van der Waals surface area (Å²) in [6, 6.07) is 13.0. The van der Waals surface area contributed by atoms with Crippen molar-refractivity contribution >= 4 is 23.2 Å². The molecular formula is C27H28F2N6S. The van der Waals surface area contributed by atoms with Gasteiger partial charge in [0.1, 0.15) is 11.6 Å². The Morgan fingerprint density at radius 3 is 2.56 bits per heavy atom. The number of likely N-dealkylation sites (N-methyl/N-ethyl adjacent to an activating group) is 1. The van der Waals surface area contributed by atoms with Crippen molar-refractivity contribution in [3.63, 3.8) is 0 Å². The van der Waals surface area contributed by atoms with Gasteiger partial charge in [-0.3, -0.25) is 9.67 Å². The van der Waals surface area contributed by atoms with Gasteiger partial charge in [0.15, 0.2) is 0 Å². The fourth-order valence-electron chi connectivity index (χ4n) is 3.83. The summed E-state index contributed by atoms with van der Waals surface area (Å²) in [4.78, 5) is 6.76. The molecule has 0 aliphatic carbocycles. The summed E-state index contributed by atoms with van der Waals surface area (Å²) >= 11 is 1.41. The summed E-state index contributed by atoms with van der Waals surface area (Å²) in [5, 5.41) is 4.43. The molecule has 4 aromatic rings. The first-order valence-electron chi connectivity index (χ1n) is 11.3. The standard InChI is InChI=1S/C27H28F2N6S/c1-34(2)8-9-35-17-21(16-32-35)18-4-7-27(31-15-18)25(14-30)20-10-19(11-23(12-20)33-36-3)24-6-5-22(28)13-26(24)29/h4-7,10-17,33H,8-9,30H2,1-3H3. The quantitative estimate of drug-likeness (QED) is 0.293. The van der Waals surface area contributed by atoms with E-state index in [-0.39, 0.29) is 0 Å². The molecule has 9 heteroatoms. The van der Waals surface area contributed by atoms with E-state index in [0.717, 1.165) is 41.5 Å². The third kappa shape index (κ3) is 5.92. The smallest absolute Gasteiger partial charge is 0.133 e. The zero-order valence-electron chi connectivity index (χ0n) is 20.4. The molecule has 0 fully saturated rings. The zero-order chi connectivity index (χ0) is 25.7. The van der Waals surface area contributed by atoms with Gasteiger partial charge < -0.3 is 15.4 Å². The Hall–Kier alpha value is -3.69. The average molecular weight is 507 g/mol. The summed E-state index contributed by atoms with van der Waals surface area (Å²) < 4.78 is 33.1. The lowest BCUT2D eigenvalue weighted by molar-refractivity contribution is 0.373. The number of halogens is 2. The van der Waals surface area contributed by atoms with Crippen molar-refractivity contribution in [2.45, 2.75) is 6.54 Å². The number of hydrogen-bond donors (Lipinski definition) is 2. The van der Waals surface area contributed by atoms with E-state index in [2.05, 4.69) is 19.7 Å². The second-order valence-electron chi connectivity index (χ2n) is 8.54. The molecule has 0 radical (unpaired) electrons. The minimum Gasteiger partial charge on any atom is -0.404 e. The molecule has 0 saturated carbocycles. The molecule has 4 rings (SSSR count). The summed E-state index contributed by atoms with van der Waals surface area (Å²) in [5.41, 5.74) is 11.7. The van der Waals surface area contributed by atoms with Gasteiger partial charge in [-0.25, -0.2) is 8.78 Å². The number of benzene rings is 2. The van der Waals surface area contributed by atoms with Crippen LogP contribution in [0.1, 0.15) is 11.3 Å². The largest absolute Gasteiger partial charge is 0.404 e. The predicted molar refractivity (Wildman–Crippen MR) is 144 cm³/mol. The van der Waals surface area contributed by atoms with E-state index in [4.69, 9.17) is 5.73 Å². The molecular weight excluding hydrogens is 478 g/mol. The Morgan fingerprint density at radius 1 is 1.06 bits per heavy atom. The minimum absolute atomic E-state index is 0.299. The Bertz CT molecular complexity index is 1370. The first kappa shape index (κ1) is 25.4. The normalized spacial score (nSPS) is 11.8. The van der Waals surface area contributed by atoms with Crippen molar-refractivity contribution in [2.75, 3.05) is 31.6 Å². The predicted octanol–water partition coefficient (Wildman–Crippen LogP) is 5.49. The molecule has 3 N–H and O–H groups in total. The summed E-state index contributed by atoms with van der Waals surface area (Å²) in [5.74, 6) is -1.25. The molecule has 0 amide bonds. The lowest BCUT2D eigenvalue weighted by Gasteiger charge is -2.14. The number of nitrogens with two attached hydrogens (primary N) is 1. The van der Waals surface area contributed by atoms with Gasteiger partial charge in [0.25, 0.3) is 0 Å². The van der Waals surface area contributed by atoms with Gasteiger partial charge in [0, 0.05) is 65.4 Å². The maximum atomic E-state index is 14.6. The third-order valence-electron chi connectivity index (χ3n) is 5.66. The molecule has 0 spiro atoms. The molecule has 0 unspecified atom stereocenters. The molecule has 2 heterocycles. The summed E-state index contributed by atoms with van der Waals surface area (Å²) in [6.45, 7) is 1.70. The molecule has 0 atom stereocenters. The highest BCUT2D eigenvalue weighted by atomic mass is 32.2. The zero-order valence-corrected chi connectivity index (χ0v) is 21.2. The Morgan fingerprint density at radius 2 is 1.89 bits per heavy atom. The monoisotopic (exact) mass is 506 g/mol. The molecule has 36 heavy (non-hydrogen) atoms. The number of pyridine rings is 1. The maximum absolute atomic E-state index is 14.6. The van der Waals surface area contributed by atoms with Crippen LogP contribution in [0.25, 0.3) is 27.8 Å². The van der Waals surface area contributed by atoms with E-state index < -0.39 is 11.6 Å². The van der Waals surface area contributed by atoms with Gasteiger partial charge in [-0.1, -0.05) is 18.0 Å². The van der Waals surface area contributed by atoms with Crippen molar-refractivity contribution in [1.82, 2.24) is 19.7 Å². The van der Waals surface area contributed by atoms with Gasteiger partial charge in [-0.05, 0) is 61.6 Å². The van der Waals surface area contributed by atoms with Crippen molar-refractivity contribution in [3.05, 3.63) is 96.2 Å². The van der Waals surface area contributed by atoms with E-state index in [1.54, 1.807) is 6.20 Å². The van der Waals surface area contributed by atoms with E-state index in [1.807, 2.05) is 67.8 Å². The van der Waals surface area contributed by atoms with E-state index in [0.29, 0.717) is 22.4 Å². The van der Waals surface area contributed by atoms with Crippen LogP contribution in [0, 0.1) is 11.6 Å². The van der Waals surface area contributed by atoms with Crippen LogP contribution in [0.5, 0.6) is 0 Å². The van der Waals surface area contributed by atoms with Gasteiger partial charge in [-0.15, -0.1) is 0 Å². The maximum Gasteiger partial charge on any atom is 0.133 e. The van der Waals surface area contributed by atoms with Crippen molar-refractivity contribution in [2.24, 2.45) is 5.73 Å². The molecule has 2 aromatic heterocycles. The van der Waals surface area contributed by atoms with Gasteiger partial charge in [0.2, 0.25) is 0 Å². The molecule has 186 valence electrons. The van der Waals surface area contributed by atoms with Crippen LogP contribution >= 0.6 is 11.9 Å². The van der Waals surface area contributed by atoms with Crippen LogP contribution in [0.4, 0.5) is 14.5 Å². The van der Waals surface area contributed by atoms with Crippen LogP contribution in [0.3, 0.4) is 0 Å². The van der Waals surface area contributed by atoms with Crippen LogP contribution in [0.2, 0.25) is 0 Å². The SMILES string of the molecule is CSNc1cc(C(=CN)c2ccc(-c3cnn(CCN(C)C)c3)cn2)cc(-c2ccc(F)cc2F)c1. The van der Waals surface area contributed by atoms with Crippen LogP contribution in [-0.2, 0) is 6.54 Å². The number of rotatable bonds is 9. The highest BCUT2D eigenvalue weighted by molar-refractivity contribution is 7.99. The van der Waals surface area contributed by atoms with E-state index >= 15 is 0 Å². The van der Waals surface area contributed by atoms with Crippen molar-refractivity contribution < 1.29 is 8.78 Å². The van der Waals surface area contributed by atoms with Crippen molar-refractivity contribution in [3.8, 4) is 22.3 Å². The fourth-order valence-corrected chi connectivity index (χ4v) is 4.18. The van der Waals surface area contributed by atoms with Gasteiger partial charge in [-0.2, -0.15) is 5.10 Å². The molecule has 0 bridgehead atoms. The highest BCUT2D eigenvalue weighted by Gasteiger charge is 2.14. The first-order chi connectivity index (χ1) is 17.4.